The van der Waals surface area contributed by atoms with Crippen molar-refractivity contribution in [3.63, 3.8) is 0 Å². The van der Waals surface area contributed by atoms with Gasteiger partial charge >= 0.3 is 5.97 Å². The van der Waals surface area contributed by atoms with E-state index in [0.29, 0.717) is 18.1 Å². The van der Waals surface area contributed by atoms with Crippen molar-refractivity contribution in [3.8, 4) is 22.5 Å². The summed E-state index contributed by atoms with van der Waals surface area (Å²) in [6, 6.07) is 16.0. The van der Waals surface area contributed by atoms with Crippen LogP contribution in [-0.4, -0.2) is 22.5 Å². The number of benzene rings is 2. The van der Waals surface area contributed by atoms with Crippen LogP contribution in [0.3, 0.4) is 0 Å². The molecule has 0 N–H and O–H groups in total. The first-order valence-corrected chi connectivity index (χ1v) is 16.8. The molecule has 42 heavy (non-hydrogen) atoms. The van der Waals surface area contributed by atoms with E-state index in [-0.39, 0.29) is 5.97 Å². The first-order chi connectivity index (χ1) is 20.6. The van der Waals surface area contributed by atoms with Gasteiger partial charge in [-0.1, -0.05) is 141 Å². The van der Waals surface area contributed by atoms with Crippen molar-refractivity contribution in [2.24, 2.45) is 5.92 Å². The van der Waals surface area contributed by atoms with Crippen LogP contribution < -0.4 is 0 Å². The molecule has 2 aromatic carbocycles. The minimum Gasteiger partial charge on any atom is -0.462 e. The minimum atomic E-state index is -0.240. The van der Waals surface area contributed by atoms with E-state index in [1.165, 1.54) is 95.5 Å². The average Bonchev–Trinajstić information content (AvgIpc) is 3.03. The summed E-state index contributed by atoms with van der Waals surface area (Å²) in [5.74, 6) is 0.910. The zero-order valence-electron chi connectivity index (χ0n) is 26.6. The normalized spacial score (nSPS) is 11.9. The quantitative estimate of drug-likeness (QED) is 0.0944. The van der Waals surface area contributed by atoms with Gasteiger partial charge in [-0.25, -0.2) is 14.8 Å². The largest absolute Gasteiger partial charge is 0.462 e. The molecule has 0 fully saturated rings. The lowest BCUT2D eigenvalue weighted by Crippen LogP contribution is -2.12. The van der Waals surface area contributed by atoms with Crippen LogP contribution in [0.25, 0.3) is 22.5 Å². The van der Waals surface area contributed by atoms with Gasteiger partial charge in [0.1, 0.15) is 0 Å². The van der Waals surface area contributed by atoms with E-state index in [2.05, 4.69) is 55.0 Å². The number of unbranched alkanes of at least 4 members (excludes halogenated alkanes) is 12. The lowest BCUT2D eigenvalue weighted by molar-refractivity contribution is 0.0442. The van der Waals surface area contributed by atoms with Gasteiger partial charge in [-0.3, -0.25) is 0 Å². The maximum atomic E-state index is 12.6. The molecule has 0 radical (unpaired) electrons. The molecule has 0 spiro atoms. The fourth-order valence-electron chi connectivity index (χ4n) is 5.36. The Kier molecular flexibility index (Phi) is 15.9. The smallest absolute Gasteiger partial charge is 0.338 e. The van der Waals surface area contributed by atoms with Crippen LogP contribution in [0.4, 0.5) is 0 Å². The van der Waals surface area contributed by atoms with Gasteiger partial charge in [-0.05, 0) is 54.0 Å². The predicted molar refractivity (Wildman–Crippen MR) is 177 cm³/mol. The van der Waals surface area contributed by atoms with Gasteiger partial charge < -0.3 is 4.74 Å². The molecule has 1 atom stereocenters. The van der Waals surface area contributed by atoms with Gasteiger partial charge in [0, 0.05) is 18.0 Å². The van der Waals surface area contributed by atoms with E-state index >= 15 is 0 Å². The van der Waals surface area contributed by atoms with E-state index < -0.39 is 0 Å². The van der Waals surface area contributed by atoms with Crippen molar-refractivity contribution >= 4 is 5.97 Å². The summed E-state index contributed by atoms with van der Waals surface area (Å²) in [4.78, 5) is 21.8. The molecule has 1 unspecified atom stereocenters. The molecule has 0 aliphatic carbocycles. The van der Waals surface area contributed by atoms with E-state index in [9.17, 15) is 4.79 Å². The Balaban J connectivity index is 1.39. The second-order valence-corrected chi connectivity index (χ2v) is 12.1. The third-order valence-corrected chi connectivity index (χ3v) is 8.17. The molecule has 0 aliphatic rings. The lowest BCUT2D eigenvalue weighted by Gasteiger charge is -2.12. The number of nitrogens with zero attached hydrogens (tertiary/aromatic N) is 2. The van der Waals surface area contributed by atoms with Crippen molar-refractivity contribution in [2.75, 3.05) is 6.61 Å². The SMILES string of the molecule is CCCCCCCCCc1cnc(-c2ccc(-c3ccc(C(=O)OCC(C)CCCCCCCCC)cc3)cc2)nc1. The molecular weight excluding hydrogens is 516 g/mol. The second-order valence-electron chi connectivity index (χ2n) is 12.1. The maximum Gasteiger partial charge on any atom is 0.338 e. The third-order valence-electron chi connectivity index (χ3n) is 8.17. The monoisotopic (exact) mass is 570 g/mol. The Hall–Kier alpha value is -3.01. The molecule has 4 heteroatoms. The molecule has 228 valence electrons. The molecule has 0 aliphatic heterocycles. The topological polar surface area (TPSA) is 52.1 Å². The highest BCUT2D eigenvalue weighted by molar-refractivity contribution is 5.90. The zero-order valence-corrected chi connectivity index (χ0v) is 26.6. The van der Waals surface area contributed by atoms with Crippen LogP contribution in [-0.2, 0) is 11.2 Å². The highest BCUT2D eigenvalue weighted by Crippen LogP contribution is 2.24. The average molecular weight is 571 g/mol. The fourth-order valence-corrected chi connectivity index (χ4v) is 5.36. The van der Waals surface area contributed by atoms with Gasteiger partial charge in [-0.15, -0.1) is 0 Å². The van der Waals surface area contributed by atoms with Gasteiger partial charge in [0.15, 0.2) is 5.82 Å². The lowest BCUT2D eigenvalue weighted by atomic mass is 10.0. The number of ether oxygens (including phenoxy) is 1. The summed E-state index contributed by atoms with van der Waals surface area (Å²) >= 11 is 0. The number of aryl methyl sites for hydroxylation is 1. The highest BCUT2D eigenvalue weighted by atomic mass is 16.5. The molecule has 1 aromatic heterocycles. The van der Waals surface area contributed by atoms with E-state index in [4.69, 9.17) is 4.74 Å². The number of rotatable bonds is 21. The Morgan fingerprint density at radius 1 is 0.643 bits per heavy atom. The van der Waals surface area contributed by atoms with Gasteiger partial charge in [0.25, 0.3) is 0 Å². The first kappa shape index (κ1) is 33.5. The first-order valence-electron chi connectivity index (χ1n) is 16.8. The third kappa shape index (κ3) is 12.5. The summed E-state index contributed by atoms with van der Waals surface area (Å²) in [5.41, 5.74) is 4.98. The molecule has 4 nitrogen and oxygen atoms in total. The summed E-state index contributed by atoms with van der Waals surface area (Å²) in [6.07, 6.45) is 24.5. The summed E-state index contributed by atoms with van der Waals surface area (Å²) in [5, 5.41) is 0. The van der Waals surface area contributed by atoms with Crippen LogP contribution in [0.15, 0.2) is 60.9 Å². The van der Waals surface area contributed by atoms with Crippen molar-refractivity contribution < 1.29 is 9.53 Å². The van der Waals surface area contributed by atoms with E-state index in [1.54, 1.807) is 0 Å². The molecule has 3 rings (SSSR count). The molecule has 1 heterocycles. The Bertz CT molecular complexity index is 1120. The van der Waals surface area contributed by atoms with Crippen LogP contribution in [0.1, 0.15) is 133 Å². The van der Waals surface area contributed by atoms with Crippen LogP contribution in [0, 0.1) is 5.92 Å². The van der Waals surface area contributed by atoms with Crippen LogP contribution in [0.2, 0.25) is 0 Å². The van der Waals surface area contributed by atoms with Gasteiger partial charge in [-0.2, -0.15) is 0 Å². The molecule has 0 saturated carbocycles. The molecule has 0 amide bonds. The minimum absolute atomic E-state index is 0.240. The molecule has 0 saturated heterocycles. The Morgan fingerprint density at radius 3 is 1.69 bits per heavy atom. The summed E-state index contributed by atoms with van der Waals surface area (Å²) < 4.78 is 5.61. The molecule has 0 bridgehead atoms. The van der Waals surface area contributed by atoms with E-state index in [1.807, 2.05) is 36.7 Å². The fraction of sp³-hybridized carbons (Fsp3) is 0.553. The number of hydrogen-bond donors (Lipinski definition) is 0. The Morgan fingerprint density at radius 2 is 1.12 bits per heavy atom. The van der Waals surface area contributed by atoms with Crippen LogP contribution in [0.5, 0.6) is 0 Å². The number of hydrogen-bond acceptors (Lipinski definition) is 4. The predicted octanol–water partition coefficient (Wildman–Crippen LogP) is 11.0. The van der Waals surface area contributed by atoms with Crippen molar-refractivity contribution in [1.82, 2.24) is 9.97 Å². The van der Waals surface area contributed by atoms with Gasteiger partial charge in [0.2, 0.25) is 0 Å². The van der Waals surface area contributed by atoms with Crippen molar-refractivity contribution in [1.29, 1.82) is 0 Å². The highest BCUT2D eigenvalue weighted by Gasteiger charge is 2.11. The van der Waals surface area contributed by atoms with Crippen molar-refractivity contribution in [2.45, 2.75) is 124 Å². The standard InChI is InChI=1S/C38H54N2O2/c1-4-6-8-10-12-14-16-18-31(3)30-42-38(41)36-26-22-34(23-27-36)33-20-24-35(25-21-33)37-39-28-32(29-40-37)19-17-15-13-11-9-7-5-2/h20-29,31H,4-19,30H2,1-3H3. The maximum absolute atomic E-state index is 12.6. The van der Waals surface area contributed by atoms with Crippen molar-refractivity contribution in [3.05, 3.63) is 72.1 Å². The number of aromatic nitrogens is 2. The number of carbonyl (C=O) groups excluding carboxylic acids is 1. The van der Waals surface area contributed by atoms with E-state index in [0.717, 1.165) is 35.4 Å². The second kappa shape index (κ2) is 20.0. The molecule has 3 aromatic rings. The summed E-state index contributed by atoms with van der Waals surface area (Å²) in [7, 11) is 0. The van der Waals surface area contributed by atoms with Gasteiger partial charge in [0.05, 0.1) is 12.2 Å². The Labute approximate surface area is 255 Å². The number of carbonyl (C=O) groups is 1. The number of esters is 1. The zero-order chi connectivity index (χ0) is 29.8. The van der Waals surface area contributed by atoms with Crippen LogP contribution >= 0.6 is 0 Å². The molecular formula is C38H54N2O2. The summed E-state index contributed by atoms with van der Waals surface area (Å²) in [6.45, 7) is 7.18.